The first-order chi connectivity index (χ1) is 6.66. The summed E-state index contributed by atoms with van der Waals surface area (Å²) in [5.41, 5.74) is 0. The van der Waals surface area contributed by atoms with Crippen LogP contribution in [-0.2, 0) is 0 Å². The normalized spacial score (nSPS) is 24.8. The van der Waals surface area contributed by atoms with E-state index in [1.54, 1.807) is 6.07 Å². The zero-order valence-electron chi connectivity index (χ0n) is 8.44. The van der Waals surface area contributed by atoms with Crippen molar-refractivity contribution in [2.75, 3.05) is 18.5 Å². The first-order valence-electron chi connectivity index (χ1n) is 4.85. The molecule has 1 fully saturated rings. The third kappa shape index (κ3) is 2.15. The van der Waals surface area contributed by atoms with Crippen molar-refractivity contribution in [1.29, 1.82) is 0 Å². The molecule has 4 heteroatoms. The van der Waals surface area contributed by atoms with E-state index in [1.165, 1.54) is 12.7 Å². The zero-order chi connectivity index (χ0) is 10.1. The van der Waals surface area contributed by atoms with Crippen molar-refractivity contribution in [2.24, 2.45) is 11.8 Å². The van der Waals surface area contributed by atoms with E-state index in [2.05, 4.69) is 21.8 Å². The van der Waals surface area contributed by atoms with Crippen molar-refractivity contribution in [2.45, 2.75) is 13.3 Å². The Bertz CT molecular complexity index is 329. The molecule has 0 spiro atoms. The maximum Gasteiger partial charge on any atom is 0.134 e. The van der Waals surface area contributed by atoms with Crippen LogP contribution in [0.2, 0.25) is 5.15 Å². The van der Waals surface area contributed by atoms with E-state index in [0.717, 1.165) is 24.2 Å². The minimum atomic E-state index is 0.505. The van der Waals surface area contributed by atoms with Crippen LogP contribution in [0.15, 0.2) is 12.4 Å². The van der Waals surface area contributed by atoms with E-state index in [4.69, 9.17) is 11.6 Å². The van der Waals surface area contributed by atoms with Crippen LogP contribution in [0.4, 0.5) is 5.82 Å². The molecule has 0 N–H and O–H groups in total. The summed E-state index contributed by atoms with van der Waals surface area (Å²) in [6.45, 7) is 3.35. The van der Waals surface area contributed by atoms with Crippen LogP contribution in [0.25, 0.3) is 0 Å². The Morgan fingerprint density at radius 2 is 2.29 bits per heavy atom. The summed E-state index contributed by atoms with van der Waals surface area (Å²) >= 11 is 5.79. The molecular weight excluding hydrogens is 198 g/mol. The molecule has 0 radical (unpaired) electrons. The van der Waals surface area contributed by atoms with E-state index in [-0.39, 0.29) is 0 Å². The van der Waals surface area contributed by atoms with Crippen LogP contribution in [0.3, 0.4) is 0 Å². The first-order valence-corrected chi connectivity index (χ1v) is 5.23. The molecule has 14 heavy (non-hydrogen) atoms. The molecule has 1 aromatic heterocycles. The molecule has 3 nitrogen and oxygen atoms in total. The molecule has 2 unspecified atom stereocenters. The van der Waals surface area contributed by atoms with Crippen LogP contribution in [0.1, 0.15) is 13.3 Å². The summed E-state index contributed by atoms with van der Waals surface area (Å²) in [5, 5.41) is 0.505. The van der Waals surface area contributed by atoms with Crippen LogP contribution < -0.4 is 4.90 Å². The smallest absolute Gasteiger partial charge is 0.134 e. The van der Waals surface area contributed by atoms with Crippen molar-refractivity contribution >= 4 is 17.4 Å². The highest BCUT2D eigenvalue weighted by molar-refractivity contribution is 6.29. The Kier molecular flexibility index (Phi) is 2.59. The summed E-state index contributed by atoms with van der Waals surface area (Å²) in [7, 11) is 2.05. The Morgan fingerprint density at radius 3 is 2.86 bits per heavy atom. The van der Waals surface area contributed by atoms with Gasteiger partial charge in [0.25, 0.3) is 0 Å². The van der Waals surface area contributed by atoms with Crippen LogP contribution in [0.5, 0.6) is 0 Å². The van der Waals surface area contributed by atoms with Gasteiger partial charge in [0.15, 0.2) is 0 Å². The number of aromatic nitrogens is 2. The van der Waals surface area contributed by atoms with Gasteiger partial charge in [-0.1, -0.05) is 18.5 Å². The second-order valence-corrected chi connectivity index (χ2v) is 4.44. The lowest BCUT2D eigenvalue weighted by atomic mass is 10.3. The topological polar surface area (TPSA) is 29.0 Å². The highest BCUT2D eigenvalue weighted by Crippen LogP contribution is 2.38. The monoisotopic (exact) mass is 211 g/mol. The molecule has 0 bridgehead atoms. The van der Waals surface area contributed by atoms with Crippen molar-refractivity contribution in [3.05, 3.63) is 17.5 Å². The molecular formula is C10H14ClN3. The fourth-order valence-electron chi connectivity index (χ4n) is 1.63. The van der Waals surface area contributed by atoms with Crippen molar-refractivity contribution in [3.8, 4) is 0 Å². The predicted octanol–water partition coefficient (Wildman–Crippen LogP) is 2.22. The summed E-state index contributed by atoms with van der Waals surface area (Å²) in [4.78, 5) is 10.2. The third-order valence-electron chi connectivity index (χ3n) is 2.79. The molecule has 1 heterocycles. The fourth-order valence-corrected chi connectivity index (χ4v) is 1.77. The van der Waals surface area contributed by atoms with Crippen molar-refractivity contribution < 1.29 is 0 Å². The molecule has 76 valence electrons. The molecule has 2 rings (SSSR count). The molecule has 0 aliphatic heterocycles. The van der Waals surface area contributed by atoms with Gasteiger partial charge in [-0.15, -0.1) is 0 Å². The fraction of sp³-hybridized carbons (Fsp3) is 0.600. The summed E-state index contributed by atoms with van der Waals surface area (Å²) in [6.07, 6.45) is 2.84. The number of hydrogen-bond donors (Lipinski definition) is 0. The van der Waals surface area contributed by atoms with Crippen LogP contribution in [-0.4, -0.2) is 23.6 Å². The lowest BCUT2D eigenvalue weighted by molar-refractivity contribution is 0.718. The van der Waals surface area contributed by atoms with Gasteiger partial charge in [-0.25, -0.2) is 9.97 Å². The average Bonchev–Trinajstić information content (AvgIpc) is 2.81. The molecule has 0 aromatic carbocycles. The first kappa shape index (κ1) is 9.71. The second kappa shape index (κ2) is 3.73. The largest absolute Gasteiger partial charge is 0.359 e. The summed E-state index contributed by atoms with van der Waals surface area (Å²) in [5.74, 6) is 2.60. The van der Waals surface area contributed by atoms with Gasteiger partial charge >= 0.3 is 0 Å². The molecule has 1 saturated carbocycles. The Balaban J connectivity index is 2.00. The van der Waals surface area contributed by atoms with Gasteiger partial charge in [-0.2, -0.15) is 0 Å². The van der Waals surface area contributed by atoms with Gasteiger partial charge in [0.1, 0.15) is 17.3 Å². The highest BCUT2D eigenvalue weighted by Gasteiger charge is 2.33. The number of anilines is 1. The van der Waals surface area contributed by atoms with E-state index < -0.39 is 0 Å². The van der Waals surface area contributed by atoms with Gasteiger partial charge in [0.05, 0.1) is 0 Å². The average molecular weight is 212 g/mol. The van der Waals surface area contributed by atoms with Gasteiger partial charge in [0.2, 0.25) is 0 Å². The van der Waals surface area contributed by atoms with Crippen LogP contribution >= 0.6 is 11.6 Å². The SMILES string of the molecule is CC1CC1CN(C)c1cc(Cl)ncn1. The van der Waals surface area contributed by atoms with E-state index in [9.17, 15) is 0 Å². The minimum Gasteiger partial charge on any atom is -0.359 e. The molecule has 1 aliphatic carbocycles. The van der Waals surface area contributed by atoms with Crippen molar-refractivity contribution in [3.63, 3.8) is 0 Å². The van der Waals surface area contributed by atoms with Crippen molar-refractivity contribution in [1.82, 2.24) is 9.97 Å². The number of hydrogen-bond acceptors (Lipinski definition) is 3. The third-order valence-corrected chi connectivity index (χ3v) is 3.00. The quantitative estimate of drug-likeness (QED) is 0.718. The van der Waals surface area contributed by atoms with E-state index in [0.29, 0.717) is 5.15 Å². The predicted molar refractivity (Wildman–Crippen MR) is 57.6 cm³/mol. The molecule has 0 saturated heterocycles. The molecule has 2 atom stereocenters. The Morgan fingerprint density at radius 1 is 1.57 bits per heavy atom. The lowest BCUT2D eigenvalue weighted by Crippen LogP contribution is -2.21. The molecule has 0 amide bonds. The van der Waals surface area contributed by atoms with E-state index in [1.807, 2.05) is 7.05 Å². The summed E-state index contributed by atoms with van der Waals surface area (Å²) < 4.78 is 0. The maximum atomic E-state index is 5.79. The van der Waals surface area contributed by atoms with Gasteiger partial charge in [-0.3, -0.25) is 0 Å². The standard InChI is InChI=1S/C10H14ClN3/c1-7-3-8(7)5-14(2)10-4-9(11)12-6-13-10/h4,6-8H,3,5H2,1-2H3. The number of nitrogens with zero attached hydrogens (tertiary/aromatic N) is 3. The lowest BCUT2D eigenvalue weighted by Gasteiger charge is -2.17. The highest BCUT2D eigenvalue weighted by atomic mass is 35.5. The van der Waals surface area contributed by atoms with Gasteiger partial charge < -0.3 is 4.90 Å². The van der Waals surface area contributed by atoms with Crippen LogP contribution in [0, 0.1) is 11.8 Å². The maximum absolute atomic E-state index is 5.79. The molecule has 1 aromatic rings. The van der Waals surface area contributed by atoms with Gasteiger partial charge in [0, 0.05) is 19.7 Å². The Hall–Kier alpha value is -0.830. The molecule has 1 aliphatic rings. The Labute approximate surface area is 89.1 Å². The second-order valence-electron chi connectivity index (χ2n) is 4.05. The minimum absolute atomic E-state index is 0.505. The number of halogens is 1. The van der Waals surface area contributed by atoms with E-state index >= 15 is 0 Å². The summed E-state index contributed by atoms with van der Waals surface area (Å²) in [6, 6.07) is 1.80. The zero-order valence-corrected chi connectivity index (χ0v) is 9.20. The van der Waals surface area contributed by atoms with Gasteiger partial charge in [-0.05, 0) is 18.3 Å². The number of rotatable bonds is 3.